The molecule has 2 atom stereocenters. The Morgan fingerprint density at radius 1 is 1.04 bits per heavy atom. The monoisotopic (exact) mass is 788 g/mol. The normalized spacial score (nSPS) is 25.0. The van der Waals surface area contributed by atoms with E-state index in [1.165, 1.54) is 6.20 Å². The largest absolute Gasteiger partial charge is 0.618 e. The van der Waals surface area contributed by atoms with Gasteiger partial charge in [-0.1, -0.05) is 47.1 Å². The predicted octanol–water partition coefficient (Wildman–Crippen LogP) is 6.12. The van der Waals surface area contributed by atoms with E-state index in [-0.39, 0.29) is 28.6 Å². The van der Waals surface area contributed by atoms with Crippen molar-refractivity contribution >= 4 is 43.5 Å². The summed E-state index contributed by atoms with van der Waals surface area (Å²) < 4.78 is 32.8. The third-order valence-electron chi connectivity index (χ3n) is 12.5. The van der Waals surface area contributed by atoms with Gasteiger partial charge in [0.2, 0.25) is 5.69 Å². The standard InChI is InChI=1S/C28H37BrN4O3.C10H16O4S/c1-5-36-30-26(22-6-8-24(29)9-7-22)23-11-15-32(16-12-23)28(4)13-18-31(19-14-28)27(34)25-20(2)10-17-33(35)21(25)3;1-9(2)7-3-4-10(9,8(11)5-7)6-15(12,13)14/h6-10,17,23H,5,11-16,18-19H2,1-4H3;7H,3-6H2,1-2H3,(H,12,13,14)/b30-26-;. The molecule has 0 spiro atoms. The van der Waals surface area contributed by atoms with E-state index < -0.39 is 21.3 Å². The van der Waals surface area contributed by atoms with Gasteiger partial charge in [0.25, 0.3) is 16.0 Å². The number of carbonyl (C=O) groups is 2. The molecule has 11 nitrogen and oxygen atoms in total. The fourth-order valence-corrected chi connectivity index (χ4v) is 10.6. The highest BCUT2D eigenvalue weighted by atomic mass is 79.9. The molecule has 2 aliphatic carbocycles. The lowest BCUT2D eigenvalue weighted by molar-refractivity contribution is -0.612. The number of rotatable bonds is 8. The molecule has 2 bridgehead atoms. The van der Waals surface area contributed by atoms with Gasteiger partial charge in [0.1, 0.15) is 18.0 Å². The van der Waals surface area contributed by atoms with Crippen LogP contribution in [0.2, 0.25) is 0 Å². The number of aryl methyl sites for hydroxylation is 1. The van der Waals surface area contributed by atoms with Crippen LogP contribution in [0.1, 0.15) is 99.8 Å². The molecule has 0 radical (unpaired) electrons. The number of halogens is 1. The van der Waals surface area contributed by atoms with Crippen LogP contribution < -0.4 is 4.73 Å². The van der Waals surface area contributed by atoms with E-state index in [2.05, 4.69) is 57.2 Å². The van der Waals surface area contributed by atoms with Crippen LogP contribution in [-0.4, -0.2) is 84.3 Å². The van der Waals surface area contributed by atoms with E-state index >= 15 is 0 Å². The van der Waals surface area contributed by atoms with Crippen LogP contribution in [0.5, 0.6) is 0 Å². The lowest BCUT2D eigenvalue weighted by Gasteiger charge is -2.49. The van der Waals surface area contributed by atoms with Crippen LogP contribution >= 0.6 is 15.9 Å². The SMILES string of the molecule is CC1(C)C2CCC1(CS(=O)(=O)O)C(=O)C2.CCO/N=C(/c1ccc(Br)cc1)C1CCN(C2(C)CCN(C(=O)c3c(C)cc[n+]([O-])c3C)CC2)CC1. The molecule has 4 aliphatic rings. The molecule has 2 unspecified atom stereocenters. The van der Waals surface area contributed by atoms with Crippen molar-refractivity contribution < 1.29 is 32.1 Å². The van der Waals surface area contributed by atoms with Crippen LogP contribution in [-0.2, 0) is 19.8 Å². The number of hydrogen-bond donors (Lipinski definition) is 1. The minimum atomic E-state index is -4.08. The summed E-state index contributed by atoms with van der Waals surface area (Å²) in [5.41, 5.74) is 2.99. The fraction of sp³-hybridized carbons (Fsp3) is 0.632. The maximum absolute atomic E-state index is 13.3. The highest BCUT2D eigenvalue weighted by Gasteiger charge is 2.65. The summed E-state index contributed by atoms with van der Waals surface area (Å²) >= 11 is 3.52. The zero-order valence-electron chi connectivity index (χ0n) is 30.8. The van der Waals surface area contributed by atoms with E-state index in [0.29, 0.717) is 49.7 Å². The number of fused-ring (bicyclic) bond motifs is 2. The summed E-state index contributed by atoms with van der Waals surface area (Å²) in [6.07, 6.45) is 7.37. The zero-order chi connectivity index (χ0) is 37.4. The summed E-state index contributed by atoms with van der Waals surface area (Å²) in [6.45, 7) is 15.8. The number of likely N-dealkylation sites (tertiary alicyclic amines) is 2. The number of nitrogens with zero attached hydrogens (tertiary/aromatic N) is 4. The molecular formula is C38H53BrN4O7S. The van der Waals surface area contributed by atoms with Crippen LogP contribution in [0.4, 0.5) is 0 Å². The predicted molar refractivity (Wildman–Crippen MR) is 200 cm³/mol. The molecule has 2 aliphatic heterocycles. The molecule has 51 heavy (non-hydrogen) atoms. The summed E-state index contributed by atoms with van der Waals surface area (Å²) in [5.74, 6) is 0.236. The molecule has 2 aromatic rings. The quantitative estimate of drug-likeness (QED) is 0.111. The number of carbonyl (C=O) groups excluding carboxylic acids is 2. The van der Waals surface area contributed by atoms with Gasteiger partial charge in [0.05, 0.1) is 16.9 Å². The number of Topliss-reactive ketones (excluding diaryl/α,β-unsaturated/α-hetero) is 1. The first-order chi connectivity index (χ1) is 23.9. The maximum Gasteiger partial charge on any atom is 0.265 e. The van der Waals surface area contributed by atoms with Crippen molar-refractivity contribution in [3.8, 4) is 0 Å². The number of hydrogen-bond acceptors (Lipinski definition) is 8. The number of aromatic nitrogens is 1. The van der Waals surface area contributed by atoms with Crippen molar-refractivity contribution in [2.45, 2.75) is 92.0 Å². The topological polar surface area (TPSA) is 144 Å². The highest BCUT2D eigenvalue weighted by molar-refractivity contribution is 9.10. The number of benzene rings is 1. The van der Waals surface area contributed by atoms with Crippen LogP contribution in [0, 0.1) is 41.7 Å². The van der Waals surface area contributed by atoms with Gasteiger partial charge in [-0.25, -0.2) is 0 Å². The minimum absolute atomic E-state index is 0.0152. The van der Waals surface area contributed by atoms with Gasteiger partial charge in [-0.3, -0.25) is 19.0 Å². The fourth-order valence-electron chi connectivity index (χ4n) is 8.99. The summed E-state index contributed by atoms with van der Waals surface area (Å²) in [4.78, 5) is 35.2. The second-order valence-corrected chi connectivity index (χ2v) is 18.0. The average Bonchev–Trinajstić information content (AvgIpc) is 3.42. The van der Waals surface area contributed by atoms with E-state index in [0.717, 1.165) is 71.2 Å². The number of pyridine rings is 1. The summed E-state index contributed by atoms with van der Waals surface area (Å²) in [5, 5.41) is 16.6. The van der Waals surface area contributed by atoms with E-state index in [9.17, 15) is 23.2 Å². The third-order valence-corrected chi connectivity index (χ3v) is 13.9. The molecule has 1 N–H and O–H groups in total. The first-order valence-electron chi connectivity index (χ1n) is 18.1. The molecular weight excluding hydrogens is 736 g/mol. The number of piperidine rings is 2. The first kappa shape index (κ1) is 39.3. The average molecular weight is 790 g/mol. The smallest absolute Gasteiger partial charge is 0.265 e. The van der Waals surface area contributed by atoms with E-state index in [4.69, 9.17) is 9.39 Å². The molecule has 2 saturated heterocycles. The van der Waals surface area contributed by atoms with Crippen LogP contribution in [0.15, 0.2) is 46.2 Å². The van der Waals surface area contributed by atoms with Gasteiger partial charge in [-0.15, -0.1) is 0 Å². The second-order valence-electron chi connectivity index (χ2n) is 15.6. The molecule has 1 amide bonds. The maximum atomic E-state index is 13.3. The van der Waals surface area contributed by atoms with Gasteiger partial charge in [-0.05, 0) is 107 Å². The molecule has 4 fully saturated rings. The summed E-state index contributed by atoms with van der Waals surface area (Å²) in [7, 11) is -4.08. The van der Waals surface area contributed by atoms with Crippen molar-refractivity contribution in [3.63, 3.8) is 0 Å². The Bertz CT molecular complexity index is 1750. The van der Waals surface area contributed by atoms with Gasteiger partial charge in [0, 0.05) is 48.4 Å². The van der Waals surface area contributed by atoms with Crippen molar-refractivity contribution in [3.05, 3.63) is 68.6 Å². The van der Waals surface area contributed by atoms with Gasteiger partial charge < -0.3 is 14.9 Å². The van der Waals surface area contributed by atoms with E-state index in [1.807, 2.05) is 32.6 Å². The van der Waals surface area contributed by atoms with Gasteiger partial charge >= 0.3 is 0 Å². The summed E-state index contributed by atoms with van der Waals surface area (Å²) in [6, 6.07) is 10.0. The molecule has 2 saturated carbocycles. The lowest BCUT2D eigenvalue weighted by atomic mass is 9.70. The molecule has 1 aromatic carbocycles. The third kappa shape index (κ3) is 8.06. The zero-order valence-corrected chi connectivity index (χ0v) is 33.2. The number of oxime groups is 1. The first-order valence-corrected chi connectivity index (χ1v) is 20.5. The molecule has 1 aromatic heterocycles. The highest BCUT2D eigenvalue weighted by Crippen LogP contribution is 2.64. The van der Waals surface area contributed by atoms with Gasteiger partial charge in [-0.2, -0.15) is 13.1 Å². The lowest BCUT2D eigenvalue weighted by Crippen LogP contribution is -2.57. The van der Waals surface area contributed by atoms with E-state index in [1.54, 1.807) is 13.0 Å². The van der Waals surface area contributed by atoms with Crippen molar-refractivity contribution in [2.24, 2.45) is 27.8 Å². The van der Waals surface area contributed by atoms with Gasteiger partial charge in [0.15, 0.2) is 6.20 Å². The Morgan fingerprint density at radius 2 is 1.67 bits per heavy atom. The Morgan fingerprint density at radius 3 is 2.20 bits per heavy atom. The minimum Gasteiger partial charge on any atom is -0.618 e. The molecule has 13 heteroatoms. The molecule has 280 valence electrons. The second kappa shape index (κ2) is 15.2. The Hall–Kier alpha value is -2.87. The van der Waals surface area contributed by atoms with Crippen molar-refractivity contribution in [1.29, 1.82) is 0 Å². The molecule has 3 heterocycles. The Labute approximate surface area is 311 Å². The Balaban J connectivity index is 0.000000279. The van der Waals surface area contributed by atoms with Crippen molar-refractivity contribution in [1.82, 2.24) is 9.80 Å². The number of ketones is 1. The van der Waals surface area contributed by atoms with Crippen molar-refractivity contribution in [2.75, 3.05) is 38.5 Å². The molecule has 6 rings (SSSR count). The van der Waals surface area contributed by atoms with Crippen LogP contribution in [0.25, 0.3) is 0 Å². The Kier molecular flexibility index (Phi) is 11.8. The number of amides is 1. The van der Waals surface area contributed by atoms with Crippen LogP contribution in [0.3, 0.4) is 0 Å².